The largest absolute Gasteiger partial charge is 0.340 e. The van der Waals surface area contributed by atoms with Crippen LogP contribution < -0.4 is 5.32 Å². The van der Waals surface area contributed by atoms with Crippen LogP contribution in [0.25, 0.3) is 0 Å². The van der Waals surface area contributed by atoms with Crippen LogP contribution in [0.1, 0.15) is 32.6 Å². The van der Waals surface area contributed by atoms with Gasteiger partial charge in [-0.1, -0.05) is 6.92 Å². The zero-order valence-corrected chi connectivity index (χ0v) is 12.3. The van der Waals surface area contributed by atoms with Gasteiger partial charge in [-0.2, -0.15) is 0 Å². The standard InChI is InChI=1S/C15H27N3O/c1-3-12-11-18(9-8-17(12)2)14(19)13-10-15(13)4-6-16-7-5-15/h12-13,16H,3-11H2,1-2H3. The molecule has 108 valence electrons. The molecule has 19 heavy (non-hydrogen) atoms. The zero-order valence-electron chi connectivity index (χ0n) is 12.3. The smallest absolute Gasteiger partial charge is 0.226 e. The molecule has 1 N–H and O–H groups in total. The van der Waals surface area contributed by atoms with E-state index in [1.54, 1.807) is 0 Å². The molecule has 2 aliphatic heterocycles. The number of hydrogen-bond donors (Lipinski definition) is 1. The lowest BCUT2D eigenvalue weighted by molar-refractivity contribution is -0.136. The third kappa shape index (κ3) is 2.40. The number of carbonyl (C=O) groups excluding carboxylic acids is 1. The number of likely N-dealkylation sites (N-methyl/N-ethyl adjacent to an activating group) is 1. The van der Waals surface area contributed by atoms with E-state index in [0.29, 0.717) is 23.3 Å². The first-order valence-corrected chi connectivity index (χ1v) is 7.86. The van der Waals surface area contributed by atoms with E-state index in [0.717, 1.165) is 45.6 Å². The van der Waals surface area contributed by atoms with Crippen LogP contribution in [0.15, 0.2) is 0 Å². The first kappa shape index (κ1) is 13.4. The van der Waals surface area contributed by atoms with Gasteiger partial charge in [0.2, 0.25) is 5.91 Å². The molecule has 2 unspecified atom stereocenters. The molecule has 3 fully saturated rings. The number of piperidine rings is 1. The van der Waals surface area contributed by atoms with E-state index >= 15 is 0 Å². The van der Waals surface area contributed by atoms with Gasteiger partial charge < -0.3 is 10.2 Å². The summed E-state index contributed by atoms with van der Waals surface area (Å²) in [6, 6.07) is 0.556. The molecule has 1 aliphatic carbocycles. The fraction of sp³-hybridized carbons (Fsp3) is 0.933. The van der Waals surface area contributed by atoms with Crippen molar-refractivity contribution >= 4 is 5.91 Å². The highest BCUT2D eigenvalue weighted by Gasteiger charge is 2.58. The zero-order chi connectivity index (χ0) is 13.5. The number of nitrogens with zero attached hydrogens (tertiary/aromatic N) is 2. The van der Waals surface area contributed by atoms with Crippen LogP contribution in [-0.2, 0) is 4.79 Å². The minimum absolute atomic E-state index is 0.343. The average Bonchev–Trinajstić information content (AvgIpc) is 3.12. The number of rotatable bonds is 2. The van der Waals surface area contributed by atoms with Crippen molar-refractivity contribution in [3.05, 3.63) is 0 Å². The number of amides is 1. The van der Waals surface area contributed by atoms with Crippen LogP contribution in [0.4, 0.5) is 0 Å². The third-order valence-corrected chi connectivity index (χ3v) is 5.65. The van der Waals surface area contributed by atoms with Crippen LogP contribution in [-0.4, -0.2) is 61.5 Å². The summed E-state index contributed by atoms with van der Waals surface area (Å²) in [4.78, 5) is 17.2. The molecule has 1 amide bonds. The van der Waals surface area contributed by atoms with Crippen LogP contribution in [0.3, 0.4) is 0 Å². The van der Waals surface area contributed by atoms with E-state index in [-0.39, 0.29) is 0 Å². The lowest BCUT2D eigenvalue weighted by Gasteiger charge is -2.39. The summed E-state index contributed by atoms with van der Waals surface area (Å²) in [7, 11) is 2.18. The van der Waals surface area contributed by atoms with Gasteiger partial charge in [0.15, 0.2) is 0 Å². The Hall–Kier alpha value is -0.610. The molecule has 2 heterocycles. The first-order valence-electron chi connectivity index (χ1n) is 7.86. The summed E-state index contributed by atoms with van der Waals surface area (Å²) < 4.78 is 0. The second-order valence-corrected chi connectivity index (χ2v) is 6.70. The van der Waals surface area contributed by atoms with Crippen molar-refractivity contribution in [1.82, 2.24) is 15.1 Å². The Morgan fingerprint density at radius 2 is 2.05 bits per heavy atom. The predicted molar refractivity (Wildman–Crippen MR) is 75.9 cm³/mol. The molecule has 0 aromatic rings. The monoisotopic (exact) mass is 265 g/mol. The minimum atomic E-state index is 0.343. The van der Waals surface area contributed by atoms with Crippen molar-refractivity contribution in [2.75, 3.05) is 39.8 Å². The molecule has 1 saturated carbocycles. The van der Waals surface area contributed by atoms with Gasteiger partial charge >= 0.3 is 0 Å². The molecule has 3 rings (SSSR count). The molecule has 0 bridgehead atoms. The van der Waals surface area contributed by atoms with Crippen LogP contribution in [0, 0.1) is 11.3 Å². The highest BCUT2D eigenvalue weighted by Crippen LogP contribution is 2.59. The molecule has 0 aromatic heterocycles. The Bertz CT molecular complexity index is 351. The molecule has 2 atom stereocenters. The number of hydrogen-bond acceptors (Lipinski definition) is 3. The van der Waals surface area contributed by atoms with Crippen molar-refractivity contribution in [1.29, 1.82) is 0 Å². The van der Waals surface area contributed by atoms with Gasteiger partial charge in [-0.15, -0.1) is 0 Å². The molecule has 4 nitrogen and oxygen atoms in total. The van der Waals surface area contributed by atoms with Gasteiger partial charge in [-0.3, -0.25) is 9.69 Å². The molecular weight excluding hydrogens is 238 g/mol. The maximum atomic E-state index is 12.7. The fourth-order valence-corrected chi connectivity index (χ4v) is 3.98. The molecule has 0 aromatic carbocycles. The van der Waals surface area contributed by atoms with Gasteiger partial charge in [0, 0.05) is 31.6 Å². The van der Waals surface area contributed by atoms with Crippen molar-refractivity contribution in [2.24, 2.45) is 11.3 Å². The Balaban J connectivity index is 1.59. The Morgan fingerprint density at radius 3 is 2.74 bits per heavy atom. The van der Waals surface area contributed by atoms with Crippen molar-refractivity contribution in [2.45, 2.75) is 38.6 Å². The lowest BCUT2D eigenvalue weighted by atomic mass is 9.91. The number of nitrogens with one attached hydrogen (secondary N) is 1. The third-order valence-electron chi connectivity index (χ3n) is 5.65. The fourth-order valence-electron chi connectivity index (χ4n) is 3.98. The molecule has 3 aliphatic rings. The Kier molecular flexibility index (Phi) is 3.56. The molecule has 2 saturated heterocycles. The second kappa shape index (κ2) is 5.06. The van der Waals surface area contributed by atoms with Crippen molar-refractivity contribution in [3.8, 4) is 0 Å². The van der Waals surface area contributed by atoms with Gasteiger partial charge in [-0.25, -0.2) is 0 Å². The number of carbonyl (C=O) groups is 1. The van der Waals surface area contributed by atoms with E-state index in [1.807, 2.05) is 0 Å². The van der Waals surface area contributed by atoms with Gasteiger partial charge in [0.1, 0.15) is 0 Å². The van der Waals surface area contributed by atoms with Gasteiger partial charge in [0.05, 0.1) is 0 Å². The summed E-state index contributed by atoms with van der Waals surface area (Å²) in [5, 5.41) is 3.41. The topological polar surface area (TPSA) is 35.6 Å². The summed E-state index contributed by atoms with van der Waals surface area (Å²) in [6.45, 7) is 7.33. The molecule has 4 heteroatoms. The Labute approximate surface area is 116 Å². The van der Waals surface area contributed by atoms with Gasteiger partial charge in [0.25, 0.3) is 0 Å². The molecule has 0 radical (unpaired) electrons. The predicted octanol–water partition coefficient (Wildman–Crippen LogP) is 0.929. The van der Waals surface area contributed by atoms with E-state index in [4.69, 9.17) is 0 Å². The SMILES string of the molecule is CCC1CN(C(=O)C2CC23CCNCC3)CCN1C. The molecular formula is C15H27N3O. The summed E-state index contributed by atoms with van der Waals surface area (Å²) in [5.41, 5.74) is 0.382. The maximum Gasteiger partial charge on any atom is 0.226 e. The second-order valence-electron chi connectivity index (χ2n) is 6.70. The average molecular weight is 265 g/mol. The highest BCUT2D eigenvalue weighted by atomic mass is 16.2. The van der Waals surface area contributed by atoms with E-state index in [1.165, 1.54) is 12.8 Å². The highest BCUT2D eigenvalue weighted by molar-refractivity contribution is 5.83. The summed E-state index contributed by atoms with van der Waals surface area (Å²) >= 11 is 0. The van der Waals surface area contributed by atoms with Gasteiger partial charge in [-0.05, 0) is 51.2 Å². The minimum Gasteiger partial charge on any atom is -0.340 e. The quantitative estimate of drug-likeness (QED) is 0.807. The van der Waals surface area contributed by atoms with E-state index in [2.05, 4.69) is 29.1 Å². The van der Waals surface area contributed by atoms with E-state index < -0.39 is 0 Å². The maximum absolute atomic E-state index is 12.7. The van der Waals surface area contributed by atoms with E-state index in [9.17, 15) is 4.79 Å². The first-order chi connectivity index (χ1) is 9.16. The Morgan fingerprint density at radius 1 is 1.32 bits per heavy atom. The number of piperazine rings is 1. The summed E-state index contributed by atoms with van der Waals surface area (Å²) in [6.07, 6.45) is 4.69. The molecule has 1 spiro atoms. The van der Waals surface area contributed by atoms with Crippen molar-refractivity contribution in [3.63, 3.8) is 0 Å². The van der Waals surface area contributed by atoms with Crippen LogP contribution in [0.2, 0.25) is 0 Å². The van der Waals surface area contributed by atoms with Crippen LogP contribution in [0.5, 0.6) is 0 Å². The van der Waals surface area contributed by atoms with Crippen LogP contribution >= 0.6 is 0 Å². The lowest BCUT2D eigenvalue weighted by Crippen LogP contribution is -2.53. The summed E-state index contributed by atoms with van der Waals surface area (Å²) in [5.74, 6) is 0.795. The van der Waals surface area contributed by atoms with Crippen molar-refractivity contribution < 1.29 is 4.79 Å². The normalized spacial score (nSPS) is 34.5.